The first-order chi connectivity index (χ1) is 8.70. The van der Waals surface area contributed by atoms with Gasteiger partial charge in [-0.3, -0.25) is 4.79 Å². The Morgan fingerprint density at radius 2 is 2.22 bits per heavy atom. The van der Waals surface area contributed by atoms with E-state index in [-0.39, 0.29) is 12.2 Å². The zero-order valence-corrected chi connectivity index (χ0v) is 12.2. The number of aliphatic hydroxyl groups excluding tert-OH is 1. The van der Waals surface area contributed by atoms with Crippen LogP contribution in [-0.4, -0.2) is 28.0 Å². The number of hydrogen-bond acceptors (Lipinski definition) is 4. The molecule has 18 heavy (non-hydrogen) atoms. The van der Waals surface area contributed by atoms with E-state index in [1.165, 1.54) is 4.68 Å². The van der Waals surface area contributed by atoms with Crippen molar-refractivity contribution < 1.29 is 5.11 Å². The highest BCUT2D eigenvalue weighted by Crippen LogP contribution is 2.16. The number of hydrogen-bond donors (Lipinski definition) is 2. The molecule has 0 amide bonds. The Kier molecular flexibility index (Phi) is 6.97. The largest absolute Gasteiger partial charge is 0.396 e. The third kappa shape index (κ3) is 4.42. The van der Waals surface area contributed by atoms with Crippen LogP contribution in [0.25, 0.3) is 0 Å². The molecule has 0 spiro atoms. The Morgan fingerprint density at radius 1 is 1.44 bits per heavy atom. The van der Waals surface area contributed by atoms with E-state index in [9.17, 15) is 4.79 Å². The standard InChI is InChI=1S/C12H20BrN3O2/c1-2-7-16-12(18)11(13)10(9-15-16)14-6-4-3-5-8-17/h9,14,17H,2-8H2,1H3. The third-order valence-corrected chi connectivity index (χ3v) is 3.34. The molecule has 102 valence electrons. The summed E-state index contributed by atoms with van der Waals surface area (Å²) in [6.45, 7) is 3.65. The molecule has 0 saturated carbocycles. The highest BCUT2D eigenvalue weighted by atomic mass is 79.9. The average molecular weight is 318 g/mol. The molecule has 1 aromatic heterocycles. The predicted octanol–water partition coefficient (Wildman–Crippen LogP) is 1.99. The van der Waals surface area contributed by atoms with Crippen LogP contribution in [0, 0.1) is 0 Å². The molecule has 0 aromatic carbocycles. The zero-order valence-electron chi connectivity index (χ0n) is 10.7. The van der Waals surface area contributed by atoms with Gasteiger partial charge < -0.3 is 10.4 Å². The number of aryl methyl sites for hydroxylation is 1. The second kappa shape index (κ2) is 8.26. The molecular formula is C12H20BrN3O2. The Morgan fingerprint density at radius 3 is 2.89 bits per heavy atom. The number of aliphatic hydroxyl groups is 1. The number of nitrogens with zero attached hydrogens (tertiary/aromatic N) is 2. The van der Waals surface area contributed by atoms with E-state index in [1.807, 2.05) is 6.92 Å². The predicted molar refractivity (Wildman–Crippen MR) is 75.9 cm³/mol. The smallest absolute Gasteiger partial charge is 0.283 e. The highest BCUT2D eigenvalue weighted by Gasteiger charge is 2.07. The molecule has 0 atom stereocenters. The molecule has 5 nitrogen and oxygen atoms in total. The molecule has 0 aliphatic rings. The fourth-order valence-electron chi connectivity index (χ4n) is 1.60. The van der Waals surface area contributed by atoms with Gasteiger partial charge in [-0.25, -0.2) is 4.68 Å². The van der Waals surface area contributed by atoms with Crippen molar-refractivity contribution in [1.29, 1.82) is 0 Å². The molecule has 1 aromatic rings. The van der Waals surface area contributed by atoms with Crippen LogP contribution in [-0.2, 0) is 6.54 Å². The molecule has 0 saturated heterocycles. The van der Waals surface area contributed by atoms with Crippen molar-refractivity contribution in [3.63, 3.8) is 0 Å². The number of rotatable bonds is 8. The summed E-state index contributed by atoms with van der Waals surface area (Å²) >= 11 is 3.31. The van der Waals surface area contributed by atoms with Gasteiger partial charge in [0.05, 0.1) is 11.9 Å². The summed E-state index contributed by atoms with van der Waals surface area (Å²) in [4.78, 5) is 11.9. The minimum atomic E-state index is -0.0998. The van der Waals surface area contributed by atoms with Gasteiger partial charge in [-0.05, 0) is 41.6 Å². The van der Waals surface area contributed by atoms with Gasteiger partial charge in [0, 0.05) is 19.7 Å². The summed E-state index contributed by atoms with van der Waals surface area (Å²) < 4.78 is 1.99. The number of halogens is 1. The van der Waals surface area contributed by atoms with E-state index >= 15 is 0 Å². The van der Waals surface area contributed by atoms with Crippen LogP contribution in [0.1, 0.15) is 32.6 Å². The second-order valence-electron chi connectivity index (χ2n) is 4.11. The number of anilines is 1. The number of aromatic nitrogens is 2. The summed E-state index contributed by atoms with van der Waals surface area (Å²) in [6.07, 6.45) is 5.31. The molecule has 1 heterocycles. The lowest BCUT2D eigenvalue weighted by Crippen LogP contribution is -2.24. The van der Waals surface area contributed by atoms with Gasteiger partial charge in [0.1, 0.15) is 4.47 Å². The van der Waals surface area contributed by atoms with Crippen molar-refractivity contribution in [3.8, 4) is 0 Å². The minimum Gasteiger partial charge on any atom is -0.396 e. The molecule has 0 unspecified atom stereocenters. The number of nitrogens with one attached hydrogen (secondary N) is 1. The average Bonchev–Trinajstić information content (AvgIpc) is 2.37. The van der Waals surface area contributed by atoms with E-state index in [1.54, 1.807) is 6.20 Å². The van der Waals surface area contributed by atoms with Crippen molar-refractivity contribution in [1.82, 2.24) is 9.78 Å². The molecule has 0 fully saturated rings. The molecular weight excluding hydrogens is 298 g/mol. The van der Waals surface area contributed by atoms with Gasteiger partial charge in [-0.1, -0.05) is 6.92 Å². The van der Waals surface area contributed by atoms with Crippen molar-refractivity contribution in [2.75, 3.05) is 18.5 Å². The summed E-state index contributed by atoms with van der Waals surface area (Å²) in [5.41, 5.74) is 0.633. The maximum absolute atomic E-state index is 11.9. The topological polar surface area (TPSA) is 67.2 Å². The second-order valence-corrected chi connectivity index (χ2v) is 4.90. The fourth-order valence-corrected chi connectivity index (χ4v) is 2.04. The summed E-state index contributed by atoms with van der Waals surface area (Å²) in [5.74, 6) is 0. The first-order valence-corrected chi connectivity index (χ1v) is 7.10. The van der Waals surface area contributed by atoms with E-state index < -0.39 is 0 Å². The number of unbranched alkanes of at least 4 members (excludes halogenated alkanes) is 2. The lowest BCUT2D eigenvalue weighted by Gasteiger charge is -2.09. The van der Waals surface area contributed by atoms with Crippen LogP contribution in [0.15, 0.2) is 15.5 Å². The maximum Gasteiger partial charge on any atom is 0.283 e. The fraction of sp³-hybridized carbons (Fsp3) is 0.667. The van der Waals surface area contributed by atoms with Crippen LogP contribution in [0.4, 0.5) is 5.69 Å². The van der Waals surface area contributed by atoms with E-state index in [2.05, 4.69) is 26.3 Å². The van der Waals surface area contributed by atoms with Crippen molar-refractivity contribution in [2.45, 2.75) is 39.2 Å². The van der Waals surface area contributed by atoms with Crippen molar-refractivity contribution in [3.05, 3.63) is 21.0 Å². The van der Waals surface area contributed by atoms with Crippen LogP contribution in [0.3, 0.4) is 0 Å². The van der Waals surface area contributed by atoms with Crippen LogP contribution >= 0.6 is 15.9 Å². The quantitative estimate of drug-likeness (QED) is 0.720. The Hall–Kier alpha value is -0.880. The van der Waals surface area contributed by atoms with Crippen molar-refractivity contribution in [2.24, 2.45) is 0 Å². The van der Waals surface area contributed by atoms with Gasteiger partial charge in [0.25, 0.3) is 5.56 Å². The van der Waals surface area contributed by atoms with Gasteiger partial charge in [-0.15, -0.1) is 0 Å². The normalized spacial score (nSPS) is 10.6. The summed E-state index contributed by atoms with van der Waals surface area (Å²) in [5, 5.41) is 16.0. The minimum absolute atomic E-state index is 0.0998. The van der Waals surface area contributed by atoms with Gasteiger partial charge in [0.15, 0.2) is 0 Å². The van der Waals surface area contributed by atoms with E-state index in [0.717, 1.165) is 37.9 Å². The Balaban J connectivity index is 2.57. The molecule has 1 rings (SSSR count). The Bertz CT molecular complexity index is 420. The van der Waals surface area contributed by atoms with Crippen LogP contribution in [0.2, 0.25) is 0 Å². The molecule has 2 N–H and O–H groups in total. The highest BCUT2D eigenvalue weighted by molar-refractivity contribution is 9.10. The van der Waals surface area contributed by atoms with Gasteiger partial charge >= 0.3 is 0 Å². The van der Waals surface area contributed by atoms with Crippen LogP contribution in [0.5, 0.6) is 0 Å². The lowest BCUT2D eigenvalue weighted by atomic mass is 10.2. The molecule has 0 bridgehead atoms. The maximum atomic E-state index is 11.9. The van der Waals surface area contributed by atoms with Gasteiger partial charge in [0.2, 0.25) is 0 Å². The molecule has 6 heteroatoms. The molecule has 0 radical (unpaired) electrons. The van der Waals surface area contributed by atoms with E-state index in [4.69, 9.17) is 5.11 Å². The summed E-state index contributed by atoms with van der Waals surface area (Å²) in [7, 11) is 0. The SMILES string of the molecule is CCCn1ncc(NCCCCCO)c(Br)c1=O. The van der Waals surface area contributed by atoms with Gasteiger partial charge in [-0.2, -0.15) is 5.10 Å². The molecule has 0 aliphatic carbocycles. The van der Waals surface area contributed by atoms with Crippen LogP contribution < -0.4 is 10.9 Å². The van der Waals surface area contributed by atoms with E-state index in [0.29, 0.717) is 11.0 Å². The molecule has 0 aliphatic heterocycles. The third-order valence-electron chi connectivity index (χ3n) is 2.57. The van der Waals surface area contributed by atoms with Crippen molar-refractivity contribution >= 4 is 21.6 Å². The Labute approximate surface area is 115 Å². The monoisotopic (exact) mass is 317 g/mol. The first-order valence-electron chi connectivity index (χ1n) is 6.31. The lowest BCUT2D eigenvalue weighted by molar-refractivity contribution is 0.283. The first kappa shape index (κ1) is 15.2. The summed E-state index contributed by atoms with van der Waals surface area (Å²) in [6, 6.07) is 0. The zero-order chi connectivity index (χ0) is 13.4.